The van der Waals surface area contributed by atoms with Crippen LogP contribution in [0.15, 0.2) is 23.0 Å². The van der Waals surface area contributed by atoms with Gasteiger partial charge in [-0.15, -0.1) is 0 Å². The second kappa shape index (κ2) is 12.8. The van der Waals surface area contributed by atoms with Gasteiger partial charge in [0, 0.05) is 32.6 Å². The van der Waals surface area contributed by atoms with Crippen LogP contribution in [0.25, 0.3) is 0 Å². The zero-order valence-electron chi connectivity index (χ0n) is 15.1. The van der Waals surface area contributed by atoms with Crippen molar-refractivity contribution in [2.75, 3.05) is 40.1 Å². The topological polar surface area (TPSA) is 82.8 Å². The Hall–Kier alpha value is -1.53. The summed E-state index contributed by atoms with van der Waals surface area (Å²) in [5.74, 6) is -0.457. The number of ether oxygens (including phenoxy) is 3. The second-order valence-electron chi connectivity index (χ2n) is 5.84. The van der Waals surface area contributed by atoms with Gasteiger partial charge in [-0.3, -0.25) is 0 Å². The van der Waals surface area contributed by atoms with Crippen molar-refractivity contribution in [3.05, 3.63) is 23.0 Å². The van der Waals surface area contributed by atoms with Crippen molar-refractivity contribution < 1.29 is 19.0 Å². The lowest BCUT2D eigenvalue weighted by atomic mass is 9.97. The molecule has 1 rings (SSSR count). The Morgan fingerprint density at radius 3 is 2.79 bits per heavy atom. The molecule has 0 aromatic carbocycles. The molecule has 6 heteroatoms. The lowest BCUT2D eigenvalue weighted by molar-refractivity contribution is -0.140. The number of hydrogen-bond donors (Lipinski definition) is 2. The molecule has 0 radical (unpaired) electrons. The van der Waals surface area contributed by atoms with Crippen molar-refractivity contribution >= 4 is 5.97 Å². The van der Waals surface area contributed by atoms with Crippen LogP contribution in [0, 0.1) is 0 Å². The molecule has 1 aliphatic carbocycles. The van der Waals surface area contributed by atoms with Crippen molar-refractivity contribution in [1.82, 2.24) is 5.32 Å². The molecule has 0 unspecified atom stereocenters. The molecule has 0 fully saturated rings. The number of nitrogens with one attached hydrogen (secondary N) is 1. The quantitative estimate of drug-likeness (QED) is 0.322. The Morgan fingerprint density at radius 1 is 1.21 bits per heavy atom. The van der Waals surface area contributed by atoms with Crippen LogP contribution in [0.3, 0.4) is 0 Å². The van der Waals surface area contributed by atoms with Crippen molar-refractivity contribution in [2.45, 2.75) is 45.4 Å². The van der Waals surface area contributed by atoms with Gasteiger partial charge in [0.15, 0.2) is 0 Å². The number of allylic oxidation sites excluding steroid dienone is 3. The predicted octanol–water partition coefficient (Wildman–Crippen LogP) is 2.25. The maximum absolute atomic E-state index is 12.0. The molecule has 138 valence electrons. The molecule has 24 heavy (non-hydrogen) atoms. The van der Waals surface area contributed by atoms with E-state index < -0.39 is 5.97 Å². The first-order chi connectivity index (χ1) is 11.7. The summed E-state index contributed by atoms with van der Waals surface area (Å²) in [6.07, 6.45) is 7.79. The number of methoxy groups -OCH3 is 1. The number of esters is 1. The first-order valence-electron chi connectivity index (χ1n) is 8.85. The fourth-order valence-corrected chi connectivity index (χ4v) is 2.39. The molecule has 0 atom stereocenters. The highest BCUT2D eigenvalue weighted by atomic mass is 16.6. The van der Waals surface area contributed by atoms with Crippen LogP contribution in [0.1, 0.15) is 45.4 Å². The van der Waals surface area contributed by atoms with Gasteiger partial charge in [0.25, 0.3) is 0 Å². The van der Waals surface area contributed by atoms with Gasteiger partial charge in [-0.1, -0.05) is 13.3 Å². The standard InChI is InChI=1S/C18H32N2O4/c1-3-4-11-23-12-13-24-18(21)17(19)15-7-5-8-16(14-15)20-9-6-10-22-2/h14,20H,3-13,19H2,1-2H3/b17-15+. The molecule has 0 bridgehead atoms. The van der Waals surface area contributed by atoms with Gasteiger partial charge in [0.2, 0.25) is 0 Å². The molecule has 3 N–H and O–H groups in total. The molecule has 0 aromatic rings. The van der Waals surface area contributed by atoms with Gasteiger partial charge >= 0.3 is 5.97 Å². The Labute approximate surface area is 145 Å². The molecule has 0 heterocycles. The van der Waals surface area contributed by atoms with Gasteiger partial charge < -0.3 is 25.3 Å². The zero-order chi connectivity index (χ0) is 17.6. The molecular weight excluding hydrogens is 308 g/mol. The van der Waals surface area contributed by atoms with Crippen LogP contribution >= 0.6 is 0 Å². The first kappa shape index (κ1) is 20.5. The van der Waals surface area contributed by atoms with Crippen molar-refractivity contribution in [3.8, 4) is 0 Å². The third kappa shape index (κ3) is 8.36. The average Bonchev–Trinajstić information content (AvgIpc) is 2.61. The zero-order valence-corrected chi connectivity index (χ0v) is 15.1. The highest BCUT2D eigenvalue weighted by molar-refractivity contribution is 5.88. The summed E-state index contributed by atoms with van der Waals surface area (Å²) in [6.45, 7) is 5.04. The summed E-state index contributed by atoms with van der Waals surface area (Å²) in [6, 6.07) is 0. The number of rotatable bonds is 12. The van der Waals surface area contributed by atoms with Gasteiger partial charge in [-0.25, -0.2) is 4.79 Å². The van der Waals surface area contributed by atoms with E-state index in [-0.39, 0.29) is 12.3 Å². The number of hydrogen-bond acceptors (Lipinski definition) is 6. The van der Waals surface area contributed by atoms with Gasteiger partial charge in [0.05, 0.1) is 6.61 Å². The van der Waals surface area contributed by atoms with Crippen LogP contribution < -0.4 is 11.1 Å². The fraction of sp³-hybridized carbons (Fsp3) is 0.722. The third-order valence-electron chi connectivity index (χ3n) is 3.79. The third-order valence-corrected chi connectivity index (χ3v) is 3.79. The van der Waals surface area contributed by atoms with Crippen molar-refractivity contribution in [1.29, 1.82) is 0 Å². The van der Waals surface area contributed by atoms with E-state index in [4.69, 9.17) is 19.9 Å². The minimum Gasteiger partial charge on any atom is -0.459 e. The first-order valence-corrected chi connectivity index (χ1v) is 8.85. The lowest BCUT2D eigenvalue weighted by Crippen LogP contribution is -2.22. The summed E-state index contributed by atoms with van der Waals surface area (Å²) >= 11 is 0. The highest BCUT2D eigenvalue weighted by Crippen LogP contribution is 2.22. The largest absolute Gasteiger partial charge is 0.459 e. The fourth-order valence-electron chi connectivity index (χ4n) is 2.39. The van der Waals surface area contributed by atoms with E-state index in [2.05, 4.69) is 12.2 Å². The SMILES string of the molecule is CCCCOCCOC(=O)/C(N)=C1\C=C(NCCCOC)CCC1. The van der Waals surface area contributed by atoms with E-state index in [1.807, 2.05) is 6.08 Å². The van der Waals surface area contributed by atoms with Crippen LogP contribution in [0.4, 0.5) is 0 Å². The van der Waals surface area contributed by atoms with E-state index in [0.29, 0.717) is 13.2 Å². The average molecular weight is 340 g/mol. The molecule has 0 saturated heterocycles. The highest BCUT2D eigenvalue weighted by Gasteiger charge is 2.16. The Balaban J connectivity index is 2.40. The predicted molar refractivity (Wildman–Crippen MR) is 94.3 cm³/mol. The van der Waals surface area contributed by atoms with E-state index in [1.54, 1.807) is 7.11 Å². The second-order valence-corrected chi connectivity index (χ2v) is 5.84. The molecule has 0 aliphatic heterocycles. The number of carbonyl (C=O) groups is 1. The molecule has 0 aromatic heterocycles. The van der Waals surface area contributed by atoms with Gasteiger partial charge in [0.1, 0.15) is 12.3 Å². The van der Waals surface area contributed by atoms with Crippen LogP contribution in [-0.4, -0.2) is 46.1 Å². The van der Waals surface area contributed by atoms with Gasteiger partial charge in [-0.2, -0.15) is 0 Å². The van der Waals surface area contributed by atoms with Crippen LogP contribution in [-0.2, 0) is 19.0 Å². The van der Waals surface area contributed by atoms with E-state index in [0.717, 1.165) is 62.9 Å². The molecule has 1 aliphatic rings. The molecule has 0 saturated carbocycles. The maximum Gasteiger partial charge on any atom is 0.354 e. The van der Waals surface area contributed by atoms with E-state index in [1.165, 1.54) is 0 Å². The number of nitrogens with two attached hydrogens (primary N) is 1. The van der Waals surface area contributed by atoms with Crippen LogP contribution in [0.2, 0.25) is 0 Å². The monoisotopic (exact) mass is 340 g/mol. The normalized spacial score (nSPS) is 16.5. The number of unbranched alkanes of at least 4 members (excludes halogenated alkanes) is 1. The molecular formula is C18H32N2O4. The molecule has 6 nitrogen and oxygen atoms in total. The van der Waals surface area contributed by atoms with E-state index >= 15 is 0 Å². The number of carbonyl (C=O) groups excluding carboxylic acids is 1. The molecule has 0 amide bonds. The maximum atomic E-state index is 12.0. The van der Waals surface area contributed by atoms with E-state index in [9.17, 15) is 4.79 Å². The lowest BCUT2D eigenvalue weighted by Gasteiger charge is -2.18. The summed E-state index contributed by atoms with van der Waals surface area (Å²) in [5.41, 5.74) is 8.14. The van der Waals surface area contributed by atoms with Crippen LogP contribution in [0.5, 0.6) is 0 Å². The Bertz CT molecular complexity index is 433. The summed E-state index contributed by atoms with van der Waals surface area (Å²) < 4.78 is 15.6. The van der Waals surface area contributed by atoms with Crippen molar-refractivity contribution in [2.24, 2.45) is 5.73 Å². The van der Waals surface area contributed by atoms with Crippen molar-refractivity contribution in [3.63, 3.8) is 0 Å². The Morgan fingerprint density at radius 2 is 2.04 bits per heavy atom. The minimum absolute atomic E-state index is 0.208. The summed E-state index contributed by atoms with van der Waals surface area (Å²) in [5, 5.41) is 3.37. The summed E-state index contributed by atoms with van der Waals surface area (Å²) in [4.78, 5) is 12.0. The molecule has 0 spiro atoms. The summed E-state index contributed by atoms with van der Waals surface area (Å²) in [7, 11) is 1.70. The van der Waals surface area contributed by atoms with Gasteiger partial charge in [-0.05, 0) is 43.8 Å². The minimum atomic E-state index is -0.457. The Kier molecular flexibility index (Phi) is 11.0. The smallest absolute Gasteiger partial charge is 0.354 e.